The second kappa shape index (κ2) is 9.03. The molecule has 0 atom stereocenters. The Morgan fingerprint density at radius 3 is 2.43 bits per heavy atom. The highest BCUT2D eigenvalue weighted by atomic mass is 16.5. The highest BCUT2D eigenvalue weighted by Crippen LogP contribution is 2.41. The largest absolute Gasteiger partial charge is 0.496 e. The number of nitrogens with one attached hydrogen (secondary N) is 2. The maximum atomic E-state index is 12.5. The van der Waals surface area contributed by atoms with Crippen LogP contribution in [-0.4, -0.2) is 45.4 Å². The van der Waals surface area contributed by atoms with Crippen LogP contribution in [-0.2, 0) is 0 Å². The zero-order valence-corrected chi connectivity index (χ0v) is 16.2. The molecule has 1 aromatic heterocycles. The van der Waals surface area contributed by atoms with E-state index in [4.69, 9.17) is 18.9 Å². The molecule has 28 heavy (non-hydrogen) atoms. The fourth-order valence-electron chi connectivity index (χ4n) is 2.94. The van der Waals surface area contributed by atoms with Crippen molar-refractivity contribution in [1.29, 1.82) is 0 Å². The van der Waals surface area contributed by atoms with E-state index in [0.29, 0.717) is 48.0 Å². The van der Waals surface area contributed by atoms with Crippen LogP contribution >= 0.6 is 0 Å². The van der Waals surface area contributed by atoms with Crippen molar-refractivity contribution in [3.8, 4) is 23.0 Å². The number of hydrogen-bond acceptors (Lipinski definition) is 5. The van der Waals surface area contributed by atoms with Gasteiger partial charge in [0, 0.05) is 18.0 Å². The highest BCUT2D eigenvalue weighted by Gasteiger charge is 2.19. The van der Waals surface area contributed by atoms with Crippen LogP contribution in [0.3, 0.4) is 0 Å². The number of carbonyl (C=O) groups is 1. The molecule has 0 aliphatic heterocycles. The molecule has 0 bridgehead atoms. The van der Waals surface area contributed by atoms with Crippen molar-refractivity contribution < 1.29 is 23.7 Å². The first kappa shape index (κ1) is 19.4. The summed E-state index contributed by atoms with van der Waals surface area (Å²) in [5.41, 5.74) is 1.07. The summed E-state index contributed by atoms with van der Waals surface area (Å²) in [4.78, 5) is 15.6. The van der Waals surface area contributed by atoms with Crippen LogP contribution in [0.4, 0.5) is 0 Å². The fourth-order valence-corrected chi connectivity index (χ4v) is 2.94. The number of para-hydroxylation sites is 1. The van der Waals surface area contributed by atoms with Gasteiger partial charge in [0.25, 0.3) is 5.91 Å². The molecule has 2 N–H and O–H groups in total. The van der Waals surface area contributed by atoms with Gasteiger partial charge in [0.1, 0.15) is 17.2 Å². The van der Waals surface area contributed by atoms with E-state index in [2.05, 4.69) is 10.3 Å². The second-order valence-corrected chi connectivity index (χ2v) is 6.06. The van der Waals surface area contributed by atoms with Crippen molar-refractivity contribution in [2.45, 2.75) is 6.42 Å². The van der Waals surface area contributed by atoms with Crippen LogP contribution in [0.1, 0.15) is 16.9 Å². The van der Waals surface area contributed by atoms with Crippen LogP contribution in [0, 0.1) is 0 Å². The summed E-state index contributed by atoms with van der Waals surface area (Å²) in [5.74, 6) is 2.25. The number of carbonyl (C=O) groups excluding carboxylic acids is 1. The zero-order valence-electron chi connectivity index (χ0n) is 16.2. The van der Waals surface area contributed by atoms with Crippen molar-refractivity contribution >= 4 is 16.8 Å². The van der Waals surface area contributed by atoms with Crippen molar-refractivity contribution in [1.82, 2.24) is 10.3 Å². The average Bonchev–Trinajstić information content (AvgIpc) is 3.18. The Kier molecular flexibility index (Phi) is 6.26. The molecule has 0 saturated heterocycles. The smallest absolute Gasteiger partial charge is 0.267 e. The summed E-state index contributed by atoms with van der Waals surface area (Å²) in [6.07, 6.45) is 0.696. The van der Waals surface area contributed by atoms with E-state index in [9.17, 15) is 4.79 Å². The quantitative estimate of drug-likeness (QED) is 0.553. The van der Waals surface area contributed by atoms with Crippen molar-refractivity contribution in [3.63, 3.8) is 0 Å². The van der Waals surface area contributed by atoms with Crippen LogP contribution in [0.15, 0.2) is 42.5 Å². The number of benzene rings is 2. The van der Waals surface area contributed by atoms with Crippen molar-refractivity contribution in [2.24, 2.45) is 0 Å². The number of H-pyrrole nitrogens is 1. The lowest BCUT2D eigenvalue weighted by molar-refractivity contribution is 0.0947. The third-order valence-corrected chi connectivity index (χ3v) is 4.30. The van der Waals surface area contributed by atoms with Crippen molar-refractivity contribution in [3.05, 3.63) is 48.2 Å². The van der Waals surface area contributed by atoms with Crippen LogP contribution < -0.4 is 24.3 Å². The van der Waals surface area contributed by atoms with Gasteiger partial charge < -0.3 is 29.2 Å². The van der Waals surface area contributed by atoms with Gasteiger partial charge in [-0.15, -0.1) is 0 Å². The number of amides is 1. The van der Waals surface area contributed by atoms with Gasteiger partial charge in [-0.3, -0.25) is 4.79 Å². The molecule has 0 saturated carbocycles. The number of aromatic amines is 1. The highest BCUT2D eigenvalue weighted by molar-refractivity contribution is 6.02. The van der Waals surface area contributed by atoms with Crippen LogP contribution in [0.5, 0.6) is 23.0 Å². The molecule has 0 spiro atoms. The predicted molar refractivity (Wildman–Crippen MR) is 107 cm³/mol. The van der Waals surface area contributed by atoms with E-state index < -0.39 is 0 Å². The molecule has 2 aromatic carbocycles. The molecular formula is C21H24N2O5. The lowest BCUT2D eigenvalue weighted by Crippen LogP contribution is -2.25. The predicted octanol–water partition coefficient (Wildman–Crippen LogP) is 3.39. The Balaban J connectivity index is 1.65. The molecule has 0 radical (unpaired) electrons. The fraction of sp³-hybridized carbons (Fsp3) is 0.286. The molecule has 3 aromatic rings. The van der Waals surface area contributed by atoms with E-state index in [-0.39, 0.29) is 5.91 Å². The van der Waals surface area contributed by atoms with Crippen molar-refractivity contribution in [2.75, 3.05) is 34.5 Å². The van der Waals surface area contributed by atoms with Gasteiger partial charge in [0.15, 0.2) is 11.5 Å². The average molecular weight is 384 g/mol. The number of fused-ring (bicyclic) bond motifs is 1. The van der Waals surface area contributed by atoms with E-state index >= 15 is 0 Å². The normalized spacial score (nSPS) is 10.5. The Hall–Kier alpha value is -3.35. The number of ether oxygens (including phenoxy) is 4. The van der Waals surface area contributed by atoms with Crippen LogP contribution in [0.25, 0.3) is 10.9 Å². The minimum atomic E-state index is -0.209. The van der Waals surface area contributed by atoms with Gasteiger partial charge in [-0.05, 0) is 24.6 Å². The molecule has 1 amide bonds. The van der Waals surface area contributed by atoms with Gasteiger partial charge in [-0.1, -0.05) is 18.2 Å². The lowest BCUT2D eigenvalue weighted by atomic mass is 10.2. The first-order valence-corrected chi connectivity index (χ1v) is 8.95. The monoisotopic (exact) mass is 384 g/mol. The summed E-state index contributed by atoms with van der Waals surface area (Å²) >= 11 is 0. The number of hydrogen-bond donors (Lipinski definition) is 2. The maximum absolute atomic E-state index is 12.5. The molecule has 7 heteroatoms. The van der Waals surface area contributed by atoms with Gasteiger partial charge in [0.2, 0.25) is 0 Å². The van der Waals surface area contributed by atoms with Crippen LogP contribution in [0.2, 0.25) is 0 Å². The molecule has 0 aliphatic rings. The van der Waals surface area contributed by atoms with E-state index in [0.717, 1.165) is 11.1 Å². The summed E-state index contributed by atoms with van der Waals surface area (Å²) in [6, 6.07) is 13.1. The Morgan fingerprint density at radius 2 is 1.75 bits per heavy atom. The summed E-state index contributed by atoms with van der Waals surface area (Å²) < 4.78 is 21.8. The first-order valence-electron chi connectivity index (χ1n) is 8.95. The van der Waals surface area contributed by atoms with E-state index in [1.807, 2.05) is 30.3 Å². The number of aromatic nitrogens is 1. The topological polar surface area (TPSA) is 81.8 Å². The van der Waals surface area contributed by atoms with Gasteiger partial charge >= 0.3 is 0 Å². The number of rotatable bonds is 9. The summed E-state index contributed by atoms with van der Waals surface area (Å²) in [6.45, 7) is 1.02. The van der Waals surface area contributed by atoms with E-state index in [1.54, 1.807) is 33.5 Å². The van der Waals surface area contributed by atoms with Gasteiger partial charge in [-0.25, -0.2) is 0 Å². The molecule has 3 rings (SSSR count). The lowest BCUT2D eigenvalue weighted by Gasteiger charge is -2.11. The third kappa shape index (κ3) is 4.14. The Morgan fingerprint density at radius 1 is 1.00 bits per heavy atom. The minimum absolute atomic E-state index is 0.209. The summed E-state index contributed by atoms with van der Waals surface area (Å²) in [5, 5.41) is 3.63. The Labute approximate surface area is 163 Å². The molecule has 7 nitrogen and oxygen atoms in total. The minimum Gasteiger partial charge on any atom is -0.496 e. The van der Waals surface area contributed by atoms with E-state index in [1.165, 1.54) is 0 Å². The first-order chi connectivity index (χ1) is 13.7. The SMILES string of the molecule is COc1cc(OC)c2cc(C(=O)NCCCOc3ccccc3)[nH]c2c1OC. The summed E-state index contributed by atoms with van der Waals surface area (Å²) in [7, 11) is 4.68. The zero-order chi connectivity index (χ0) is 19.9. The Bertz CT molecular complexity index is 937. The van der Waals surface area contributed by atoms with Gasteiger partial charge in [-0.2, -0.15) is 0 Å². The molecular weight excluding hydrogens is 360 g/mol. The molecule has 0 unspecified atom stereocenters. The third-order valence-electron chi connectivity index (χ3n) is 4.30. The van der Waals surface area contributed by atoms with Gasteiger partial charge in [0.05, 0.1) is 33.5 Å². The second-order valence-electron chi connectivity index (χ2n) is 6.06. The molecule has 0 fully saturated rings. The standard InChI is InChI=1S/C21H24N2O5/c1-25-17-13-18(26-2)20(27-3)19-15(17)12-16(23-19)21(24)22-10-7-11-28-14-8-5-4-6-9-14/h4-6,8-9,12-13,23H,7,10-11H2,1-3H3,(H,22,24). The molecule has 148 valence electrons. The molecule has 1 heterocycles. The number of methoxy groups -OCH3 is 3. The molecule has 0 aliphatic carbocycles. The maximum Gasteiger partial charge on any atom is 0.267 e.